The summed E-state index contributed by atoms with van der Waals surface area (Å²) in [4.78, 5) is 44.5. The van der Waals surface area contributed by atoms with Gasteiger partial charge in [-0.1, -0.05) is 12.1 Å². The van der Waals surface area contributed by atoms with Crippen LogP contribution >= 0.6 is 0 Å². The lowest BCUT2D eigenvalue weighted by Gasteiger charge is -2.21. The Morgan fingerprint density at radius 2 is 1.89 bits per heavy atom. The molecule has 27 heavy (non-hydrogen) atoms. The van der Waals surface area contributed by atoms with Crippen molar-refractivity contribution in [1.82, 2.24) is 19.4 Å². The number of aryl methyl sites for hydroxylation is 2. The van der Waals surface area contributed by atoms with Crippen LogP contribution in [-0.4, -0.2) is 64.6 Å². The molecular weight excluding hydrogens is 348 g/mol. The summed E-state index contributed by atoms with van der Waals surface area (Å²) in [6.45, 7) is 4.29. The quantitative estimate of drug-likeness (QED) is 0.813. The zero-order valence-electron chi connectivity index (χ0n) is 15.7. The van der Waals surface area contributed by atoms with E-state index in [0.717, 1.165) is 5.56 Å². The minimum Gasteiger partial charge on any atom is -0.453 e. The molecule has 0 atom stereocenters. The van der Waals surface area contributed by atoms with Crippen LogP contribution in [0.25, 0.3) is 10.9 Å². The Morgan fingerprint density at radius 1 is 1.15 bits per heavy atom. The van der Waals surface area contributed by atoms with Crippen molar-refractivity contribution in [2.75, 3.05) is 33.3 Å². The van der Waals surface area contributed by atoms with Crippen LogP contribution in [0.2, 0.25) is 0 Å². The molecule has 1 aromatic heterocycles. The van der Waals surface area contributed by atoms with E-state index in [2.05, 4.69) is 4.98 Å². The summed E-state index contributed by atoms with van der Waals surface area (Å²) < 4.78 is 6.23. The van der Waals surface area contributed by atoms with E-state index in [-0.39, 0.29) is 30.5 Å². The van der Waals surface area contributed by atoms with Crippen molar-refractivity contribution in [3.05, 3.63) is 40.4 Å². The van der Waals surface area contributed by atoms with Gasteiger partial charge >= 0.3 is 6.09 Å². The van der Waals surface area contributed by atoms with Gasteiger partial charge in [0.15, 0.2) is 0 Å². The molecule has 2 aromatic rings. The summed E-state index contributed by atoms with van der Waals surface area (Å²) in [5.41, 5.74) is 1.51. The molecule has 0 bridgehead atoms. The lowest BCUT2D eigenvalue weighted by Crippen LogP contribution is -2.37. The van der Waals surface area contributed by atoms with Gasteiger partial charge in [-0.05, 0) is 25.0 Å². The van der Waals surface area contributed by atoms with E-state index in [1.807, 2.05) is 19.1 Å². The second-order valence-corrected chi connectivity index (χ2v) is 6.66. The van der Waals surface area contributed by atoms with Gasteiger partial charge in [-0.15, -0.1) is 0 Å². The van der Waals surface area contributed by atoms with Gasteiger partial charge < -0.3 is 14.5 Å². The van der Waals surface area contributed by atoms with Crippen molar-refractivity contribution in [3.8, 4) is 0 Å². The zero-order valence-corrected chi connectivity index (χ0v) is 15.7. The molecule has 144 valence electrons. The SMILES string of the molecule is COC(=O)N1CCCN(C(=O)CCn2cnc3c(C)cccc3c2=O)CC1. The average Bonchev–Trinajstić information content (AvgIpc) is 2.93. The second-order valence-electron chi connectivity index (χ2n) is 6.66. The van der Waals surface area contributed by atoms with Crippen LogP contribution in [-0.2, 0) is 16.1 Å². The average molecular weight is 372 g/mol. The molecule has 1 aliphatic heterocycles. The molecule has 1 aliphatic rings. The lowest BCUT2D eigenvalue weighted by molar-refractivity contribution is -0.131. The third-order valence-corrected chi connectivity index (χ3v) is 4.90. The number of carbonyl (C=O) groups is 2. The normalized spacial score (nSPS) is 14.9. The smallest absolute Gasteiger partial charge is 0.409 e. The van der Waals surface area contributed by atoms with Crippen molar-refractivity contribution >= 4 is 22.9 Å². The van der Waals surface area contributed by atoms with Crippen LogP contribution in [0.4, 0.5) is 4.79 Å². The number of methoxy groups -OCH3 is 1. The van der Waals surface area contributed by atoms with Crippen LogP contribution in [0, 0.1) is 6.92 Å². The van der Waals surface area contributed by atoms with Crippen LogP contribution in [0.15, 0.2) is 29.3 Å². The summed E-state index contributed by atoms with van der Waals surface area (Å²) in [5.74, 6) is -0.0297. The number of fused-ring (bicyclic) bond motifs is 1. The number of para-hydroxylation sites is 1. The zero-order chi connectivity index (χ0) is 19.4. The van der Waals surface area contributed by atoms with Crippen LogP contribution in [0.3, 0.4) is 0 Å². The number of hydrogen-bond acceptors (Lipinski definition) is 5. The fourth-order valence-corrected chi connectivity index (χ4v) is 3.35. The third-order valence-electron chi connectivity index (χ3n) is 4.90. The second kappa shape index (κ2) is 8.20. The molecule has 0 saturated carbocycles. The number of carbonyl (C=O) groups excluding carboxylic acids is 2. The number of nitrogens with zero attached hydrogens (tertiary/aromatic N) is 4. The number of aromatic nitrogens is 2. The Morgan fingerprint density at radius 3 is 2.67 bits per heavy atom. The van der Waals surface area contributed by atoms with E-state index in [1.54, 1.807) is 15.9 Å². The Balaban J connectivity index is 1.64. The highest BCUT2D eigenvalue weighted by Gasteiger charge is 2.22. The molecule has 0 spiro atoms. The first-order valence-corrected chi connectivity index (χ1v) is 9.06. The van der Waals surface area contributed by atoms with E-state index in [1.165, 1.54) is 18.0 Å². The number of benzene rings is 1. The first-order valence-electron chi connectivity index (χ1n) is 9.06. The lowest BCUT2D eigenvalue weighted by atomic mass is 10.1. The molecule has 0 unspecified atom stereocenters. The molecule has 8 nitrogen and oxygen atoms in total. The number of hydrogen-bond donors (Lipinski definition) is 0. The van der Waals surface area contributed by atoms with E-state index < -0.39 is 0 Å². The first kappa shape index (κ1) is 18.9. The maximum atomic E-state index is 12.6. The predicted molar refractivity (Wildman–Crippen MR) is 101 cm³/mol. The van der Waals surface area contributed by atoms with E-state index >= 15 is 0 Å². The van der Waals surface area contributed by atoms with Gasteiger partial charge in [0.1, 0.15) is 0 Å². The third kappa shape index (κ3) is 4.10. The molecule has 1 saturated heterocycles. The fraction of sp³-hybridized carbons (Fsp3) is 0.474. The van der Waals surface area contributed by atoms with Crippen LogP contribution in [0.1, 0.15) is 18.4 Å². The molecule has 1 aromatic carbocycles. The summed E-state index contributed by atoms with van der Waals surface area (Å²) in [7, 11) is 1.35. The molecule has 2 amide bonds. The van der Waals surface area contributed by atoms with Gasteiger partial charge in [-0.25, -0.2) is 9.78 Å². The Bertz CT molecular complexity index is 908. The molecule has 0 radical (unpaired) electrons. The molecule has 3 rings (SSSR count). The summed E-state index contributed by atoms with van der Waals surface area (Å²) in [5, 5.41) is 0.563. The molecule has 0 N–H and O–H groups in total. The molecule has 8 heteroatoms. The summed E-state index contributed by atoms with van der Waals surface area (Å²) in [6.07, 6.45) is 2.06. The highest BCUT2D eigenvalue weighted by Crippen LogP contribution is 2.12. The molecule has 1 fully saturated rings. The maximum absolute atomic E-state index is 12.6. The van der Waals surface area contributed by atoms with Gasteiger partial charge in [0.05, 0.1) is 24.3 Å². The van der Waals surface area contributed by atoms with Crippen molar-refractivity contribution in [2.24, 2.45) is 0 Å². The number of rotatable bonds is 3. The van der Waals surface area contributed by atoms with Gasteiger partial charge in [0.2, 0.25) is 5.91 Å². The van der Waals surface area contributed by atoms with Crippen LogP contribution in [0.5, 0.6) is 0 Å². The first-order chi connectivity index (χ1) is 13.0. The minimum absolute atomic E-state index is 0.0297. The van der Waals surface area contributed by atoms with Gasteiger partial charge in [-0.2, -0.15) is 0 Å². The van der Waals surface area contributed by atoms with Crippen molar-refractivity contribution < 1.29 is 14.3 Å². The Labute approximate surface area is 157 Å². The number of amides is 2. The van der Waals surface area contributed by atoms with E-state index in [0.29, 0.717) is 43.5 Å². The van der Waals surface area contributed by atoms with Crippen molar-refractivity contribution in [2.45, 2.75) is 26.3 Å². The maximum Gasteiger partial charge on any atom is 0.409 e. The van der Waals surface area contributed by atoms with E-state index in [9.17, 15) is 14.4 Å². The minimum atomic E-state index is -0.367. The Kier molecular flexibility index (Phi) is 5.73. The van der Waals surface area contributed by atoms with Gasteiger partial charge in [0, 0.05) is 39.1 Å². The highest BCUT2D eigenvalue weighted by molar-refractivity contribution is 5.80. The monoisotopic (exact) mass is 372 g/mol. The largest absolute Gasteiger partial charge is 0.453 e. The topological polar surface area (TPSA) is 84.7 Å². The van der Waals surface area contributed by atoms with Crippen molar-refractivity contribution in [3.63, 3.8) is 0 Å². The standard InChI is InChI=1S/C19H24N4O4/c1-14-5-3-6-15-17(14)20-13-23(18(15)25)10-7-16(24)21-8-4-9-22(12-11-21)19(26)27-2/h3,5-6,13H,4,7-12H2,1-2H3. The predicted octanol–water partition coefficient (Wildman–Crippen LogP) is 1.40. The molecular formula is C19H24N4O4. The number of ether oxygens (including phenoxy) is 1. The highest BCUT2D eigenvalue weighted by atomic mass is 16.5. The molecule has 0 aliphatic carbocycles. The van der Waals surface area contributed by atoms with Gasteiger partial charge in [-0.3, -0.25) is 14.2 Å². The molecule has 2 heterocycles. The van der Waals surface area contributed by atoms with Crippen LogP contribution < -0.4 is 5.56 Å². The summed E-state index contributed by atoms with van der Waals surface area (Å²) >= 11 is 0. The van der Waals surface area contributed by atoms with Crippen molar-refractivity contribution in [1.29, 1.82) is 0 Å². The summed E-state index contributed by atoms with van der Waals surface area (Å²) in [6, 6.07) is 5.51. The Hall–Kier alpha value is -2.90. The van der Waals surface area contributed by atoms with Gasteiger partial charge in [0.25, 0.3) is 5.56 Å². The fourth-order valence-electron chi connectivity index (χ4n) is 3.35. The van der Waals surface area contributed by atoms with E-state index in [4.69, 9.17) is 4.74 Å².